The number of hydrogen-bond donors (Lipinski definition) is 1. The molecule has 2 aromatic rings. The largest absolute Gasteiger partial charge is 0.478 e. The van der Waals surface area contributed by atoms with Crippen LogP contribution in [-0.2, 0) is 4.79 Å². The van der Waals surface area contributed by atoms with Gasteiger partial charge >= 0.3 is 5.97 Å². The van der Waals surface area contributed by atoms with Gasteiger partial charge < -0.3 is 9.67 Å². The van der Waals surface area contributed by atoms with E-state index in [2.05, 4.69) is 0 Å². The van der Waals surface area contributed by atoms with E-state index >= 15 is 0 Å². The summed E-state index contributed by atoms with van der Waals surface area (Å²) in [7, 11) is 0. The van der Waals surface area contributed by atoms with Gasteiger partial charge in [-0.3, -0.25) is 4.79 Å². The topological polar surface area (TPSA) is 59.3 Å². The summed E-state index contributed by atoms with van der Waals surface area (Å²) in [6.07, 6.45) is 2.64. The average molecular weight is 269 g/mol. The van der Waals surface area contributed by atoms with Gasteiger partial charge in [0.05, 0.1) is 0 Å². The van der Waals surface area contributed by atoms with Gasteiger partial charge in [-0.2, -0.15) is 0 Å². The van der Waals surface area contributed by atoms with Crippen molar-refractivity contribution in [1.29, 1.82) is 0 Å². The number of pyridine rings is 1. The Bertz CT molecular complexity index is 715. The maximum Gasteiger partial charge on any atom is 0.328 e. The van der Waals surface area contributed by atoms with Crippen molar-refractivity contribution in [2.45, 2.75) is 13.8 Å². The summed E-state index contributed by atoms with van der Waals surface area (Å²) >= 11 is 0. The fourth-order valence-electron chi connectivity index (χ4n) is 2.20. The third kappa shape index (κ3) is 3.03. The molecule has 0 aliphatic rings. The number of carboxylic acids is 1. The second-order valence-electron chi connectivity index (χ2n) is 4.58. The summed E-state index contributed by atoms with van der Waals surface area (Å²) in [5, 5.41) is 8.65. The first-order chi connectivity index (χ1) is 9.47. The Morgan fingerprint density at radius 1 is 1.15 bits per heavy atom. The lowest BCUT2D eigenvalue weighted by Gasteiger charge is -2.14. The van der Waals surface area contributed by atoms with E-state index in [1.165, 1.54) is 0 Å². The van der Waals surface area contributed by atoms with Crippen molar-refractivity contribution in [3.05, 3.63) is 69.6 Å². The Kier molecular flexibility index (Phi) is 3.84. The molecule has 4 nitrogen and oxygen atoms in total. The molecule has 0 saturated carbocycles. The number of benzene rings is 1. The molecule has 1 aromatic heterocycles. The Balaban J connectivity index is 2.52. The van der Waals surface area contributed by atoms with E-state index in [0.717, 1.165) is 28.7 Å². The van der Waals surface area contributed by atoms with E-state index in [0.29, 0.717) is 0 Å². The number of aryl methyl sites for hydroxylation is 2. The zero-order valence-corrected chi connectivity index (χ0v) is 11.3. The molecule has 2 rings (SSSR count). The van der Waals surface area contributed by atoms with Crippen LogP contribution in [0.15, 0.2) is 47.3 Å². The molecular weight excluding hydrogens is 254 g/mol. The van der Waals surface area contributed by atoms with Gasteiger partial charge in [0.15, 0.2) is 5.43 Å². The van der Waals surface area contributed by atoms with E-state index in [1.807, 2.05) is 42.7 Å². The molecule has 0 spiro atoms. The number of carboxylic acid groups (broad SMARTS) is 1. The fraction of sp³-hybridized carbons (Fsp3) is 0.125. The molecule has 0 aliphatic heterocycles. The maximum absolute atomic E-state index is 11.4. The standard InChI is InChI=1S/C16H15NO3/c1-11-8-15(18)9-12(2)17(11)14-5-3-4-13(10-14)6-7-16(19)20/h3-10H,1-2H3,(H,19,20)/b7-6+. The van der Waals surface area contributed by atoms with Crippen LogP contribution in [-0.4, -0.2) is 15.6 Å². The highest BCUT2D eigenvalue weighted by molar-refractivity contribution is 5.85. The predicted molar refractivity (Wildman–Crippen MR) is 78.2 cm³/mol. The van der Waals surface area contributed by atoms with Crippen LogP contribution in [0.1, 0.15) is 17.0 Å². The van der Waals surface area contributed by atoms with Gasteiger partial charge in [0, 0.05) is 35.3 Å². The molecule has 0 fully saturated rings. The van der Waals surface area contributed by atoms with Crippen LogP contribution in [0.2, 0.25) is 0 Å². The van der Waals surface area contributed by atoms with Gasteiger partial charge in [-0.05, 0) is 37.6 Å². The summed E-state index contributed by atoms with van der Waals surface area (Å²) in [5.41, 5.74) is 3.36. The SMILES string of the molecule is Cc1cc(=O)cc(C)n1-c1cccc(/C=C/C(=O)O)c1. The zero-order chi connectivity index (χ0) is 14.7. The molecule has 0 radical (unpaired) electrons. The normalized spacial score (nSPS) is 10.9. The first-order valence-corrected chi connectivity index (χ1v) is 6.19. The Labute approximate surface area is 116 Å². The molecule has 102 valence electrons. The zero-order valence-electron chi connectivity index (χ0n) is 11.3. The lowest BCUT2D eigenvalue weighted by molar-refractivity contribution is -0.131. The molecule has 1 aromatic carbocycles. The number of aromatic nitrogens is 1. The summed E-state index contributed by atoms with van der Waals surface area (Å²) in [6, 6.07) is 10.6. The molecular formula is C16H15NO3. The van der Waals surface area contributed by atoms with Crippen LogP contribution < -0.4 is 5.43 Å². The average Bonchev–Trinajstić information content (AvgIpc) is 2.35. The minimum Gasteiger partial charge on any atom is -0.478 e. The maximum atomic E-state index is 11.4. The van der Waals surface area contributed by atoms with Crippen LogP contribution in [0.5, 0.6) is 0 Å². The highest BCUT2D eigenvalue weighted by Gasteiger charge is 2.04. The van der Waals surface area contributed by atoms with Crippen molar-refractivity contribution in [2.75, 3.05) is 0 Å². The lowest BCUT2D eigenvalue weighted by Crippen LogP contribution is -2.11. The van der Waals surface area contributed by atoms with E-state index in [1.54, 1.807) is 18.2 Å². The number of carbonyl (C=O) groups is 1. The van der Waals surface area contributed by atoms with Gasteiger partial charge in [-0.1, -0.05) is 12.1 Å². The number of aliphatic carboxylic acids is 1. The first-order valence-electron chi connectivity index (χ1n) is 6.19. The summed E-state index contributed by atoms with van der Waals surface area (Å²) in [5.74, 6) is -0.980. The molecule has 1 N–H and O–H groups in total. The second kappa shape index (κ2) is 5.57. The van der Waals surface area contributed by atoms with Gasteiger partial charge in [-0.15, -0.1) is 0 Å². The Morgan fingerprint density at radius 3 is 2.40 bits per heavy atom. The molecule has 1 heterocycles. The third-order valence-electron chi connectivity index (χ3n) is 2.95. The van der Waals surface area contributed by atoms with Crippen molar-refractivity contribution >= 4 is 12.0 Å². The number of nitrogens with zero attached hydrogens (tertiary/aromatic N) is 1. The fourth-order valence-corrected chi connectivity index (χ4v) is 2.20. The molecule has 0 saturated heterocycles. The van der Waals surface area contributed by atoms with Crippen molar-refractivity contribution in [3.63, 3.8) is 0 Å². The van der Waals surface area contributed by atoms with Crippen LogP contribution in [0.25, 0.3) is 11.8 Å². The minimum atomic E-state index is -0.980. The van der Waals surface area contributed by atoms with Gasteiger partial charge in [-0.25, -0.2) is 4.79 Å². The van der Waals surface area contributed by atoms with E-state index in [4.69, 9.17) is 5.11 Å². The van der Waals surface area contributed by atoms with Crippen molar-refractivity contribution in [3.8, 4) is 5.69 Å². The molecule has 0 aliphatic carbocycles. The minimum absolute atomic E-state index is 0.0156. The monoisotopic (exact) mass is 269 g/mol. The molecule has 0 amide bonds. The lowest BCUT2D eigenvalue weighted by atomic mass is 10.1. The smallest absolute Gasteiger partial charge is 0.328 e. The Hall–Kier alpha value is -2.62. The van der Waals surface area contributed by atoms with Crippen molar-refractivity contribution in [1.82, 2.24) is 4.57 Å². The predicted octanol–water partition coefficient (Wildman–Crippen LogP) is 2.55. The molecule has 0 bridgehead atoms. The highest BCUT2D eigenvalue weighted by atomic mass is 16.4. The van der Waals surface area contributed by atoms with Crippen molar-refractivity contribution < 1.29 is 9.90 Å². The van der Waals surface area contributed by atoms with Crippen LogP contribution in [0, 0.1) is 13.8 Å². The van der Waals surface area contributed by atoms with E-state index in [-0.39, 0.29) is 5.43 Å². The van der Waals surface area contributed by atoms with Gasteiger partial charge in [0.1, 0.15) is 0 Å². The molecule has 0 atom stereocenters. The summed E-state index contributed by atoms with van der Waals surface area (Å²) < 4.78 is 1.96. The van der Waals surface area contributed by atoms with Crippen LogP contribution >= 0.6 is 0 Å². The van der Waals surface area contributed by atoms with Gasteiger partial charge in [0.2, 0.25) is 0 Å². The molecule has 4 heteroatoms. The van der Waals surface area contributed by atoms with Gasteiger partial charge in [0.25, 0.3) is 0 Å². The molecule has 0 unspecified atom stereocenters. The highest BCUT2D eigenvalue weighted by Crippen LogP contribution is 2.15. The molecule has 20 heavy (non-hydrogen) atoms. The quantitative estimate of drug-likeness (QED) is 0.871. The summed E-state index contributed by atoms with van der Waals surface area (Å²) in [6.45, 7) is 3.74. The summed E-state index contributed by atoms with van der Waals surface area (Å²) in [4.78, 5) is 22.0. The number of rotatable bonds is 3. The Morgan fingerprint density at radius 2 is 1.80 bits per heavy atom. The van der Waals surface area contributed by atoms with E-state index in [9.17, 15) is 9.59 Å². The number of hydrogen-bond acceptors (Lipinski definition) is 2. The van der Waals surface area contributed by atoms with E-state index < -0.39 is 5.97 Å². The first kappa shape index (κ1) is 13.8. The van der Waals surface area contributed by atoms with Crippen LogP contribution in [0.4, 0.5) is 0 Å². The third-order valence-corrected chi connectivity index (χ3v) is 2.95. The second-order valence-corrected chi connectivity index (χ2v) is 4.58. The van der Waals surface area contributed by atoms with Crippen molar-refractivity contribution in [2.24, 2.45) is 0 Å². The van der Waals surface area contributed by atoms with Crippen LogP contribution in [0.3, 0.4) is 0 Å².